The van der Waals surface area contributed by atoms with Gasteiger partial charge in [0.05, 0.1) is 13.2 Å². The number of amides is 1. The first-order chi connectivity index (χ1) is 9.00. The number of carbonyl (C=O) groups excluding carboxylic acids is 1. The Bertz CT molecular complexity index is 442. The number of nitrogens with one attached hydrogen (secondary N) is 1. The average molecular weight is 347 g/mol. The number of nitrogens with zero attached hydrogens (tertiary/aromatic N) is 1. The fourth-order valence-corrected chi connectivity index (χ4v) is 3.58. The standard InChI is InChI=1S/C13H19BrN2O2S/c1-13(2,16-4-6-18-7-5-16)9-15-12(17)11-10(14)3-8-19-11/h3,8H,4-7,9H2,1-2H3,(H,15,17). The van der Waals surface area contributed by atoms with Crippen LogP contribution in [0.15, 0.2) is 15.9 Å². The molecular weight excluding hydrogens is 328 g/mol. The normalized spacial score (nSPS) is 17.4. The van der Waals surface area contributed by atoms with Gasteiger partial charge in [0.2, 0.25) is 0 Å². The van der Waals surface area contributed by atoms with Crippen molar-refractivity contribution >= 4 is 33.2 Å². The summed E-state index contributed by atoms with van der Waals surface area (Å²) in [6.45, 7) is 8.33. The Hall–Kier alpha value is -0.430. The van der Waals surface area contributed by atoms with Gasteiger partial charge in [0.25, 0.3) is 5.91 Å². The number of ether oxygens (including phenoxy) is 1. The van der Waals surface area contributed by atoms with Crippen LogP contribution in [-0.2, 0) is 4.74 Å². The predicted octanol–water partition coefficient (Wildman–Crippen LogP) is 2.35. The maximum absolute atomic E-state index is 12.1. The molecule has 1 aliphatic rings. The van der Waals surface area contributed by atoms with Gasteiger partial charge < -0.3 is 10.1 Å². The van der Waals surface area contributed by atoms with Gasteiger partial charge in [0, 0.05) is 29.6 Å². The van der Waals surface area contributed by atoms with Crippen molar-refractivity contribution in [2.75, 3.05) is 32.8 Å². The molecule has 19 heavy (non-hydrogen) atoms. The Kier molecular flexibility index (Phi) is 5.00. The minimum Gasteiger partial charge on any atom is -0.379 e. The van der Waals surface area contributed by atoms with E-state index in [1.165, 1.54) is 11.3 Å². The Morgan fingerprint density at radius 1 is 1.53 bits per heavy atom. The van der Waals surface area contributed by atoms with Crippen molar-refractivity contribution in [2.24, 2.45) is 0 Å². The van der Waals surface area contributed by atoms with Crippen LogP contribution in [0, 0.1) is 0 Å². The fraction of sp³-hybridized carbons (Fsp3) is 0.615. The lowest BCUT2D eigenvalue weighted by atomic mass is 10.0. The third-order valence-corrected chi connectivity index (χ3v) is 5.21. The van der Waals surface area contributed by atoms with Gasteiger partial charge in [0.15, 0.2) is 0 Å². The van der Waals surface area contributed by atoms with Crippen molar-refractivity contribution in [3.63, 3.8) is 0 Å². The Morgan fingerprint density at radius 2 is 2.21 bits per heavy atom. The van der Waals surface area contributed by atoms with Crippen LogP contribution in [0.25, 0.3) is 0 Å². The van der Waals surface area contributed by atoms with E-state index in [1.807, 2.05) is 11.4 Å². The third kappa shape index (κ3) is 3.78. The van der Waals surface area contributed by atoms with Crippen LogP contribution in [0.5, 0.6) is 0 Å². The van der Waals surface area contributed by atoms with Gasteiger partial charge >= 0.3 is 0 Å². The largest absolute Gasteiger partial charge is 0.379 e. The van der Waals surface area contributed by atoms with E-state index in [1.54, 1.807) is 0 Å². The third-order valence-electron chi connectivity index (χ3n) is 3.37. The number of rotatable bonds is 4. The molecule has 1 saturated heterocycles. The van der Waals surface area contributed by atoms with E-state index in [-0.39, 0.29) is 11.4 Å². The van der Waals surface area contributed by atoms with Crippen molar-refractivity contribution < 1.29 is 9.53 Å². The molecule has 0 spiro atoms. The summed E-state index contributed by atoms with van der Waals surface area (Å²) in [5.74, 6) is -0.0109. The summed E-state index contributed by atoms with van der Waals surface area (Å²) in [5.41, 5.74) is -0.0524. The molecule has 1 fully saturated rings. The molecule has 0 aliphatic carbocycles. The summed E-state index contributed by atoms with van der Waals surface area (Å²) >= 11 is 4.84. The molecule has 6 heteroatoms. The van der Waals surface area contributed by atoms with Crippen LogP contribution in [0.4, 0.5) is 0 Å². The summed E-state index contributed by atoms with van der Waals surface area (Å²) in [7, 11) is 0. The highest BCUT2D eigenvalue weighted by atomic mass is 79.9. The zero-order chi connectivity index (χ0) is 13.9. The lowest BCUT2D eigenvalue weighted by Crippen LogP contribution is -2.55. The van der Waals surface area contributed by atoms with Gasteiger partial charge in [-0.2, -0.15) is 0 Å². The zero-order valence-corrected chi connectivity index (χ0v) is 13.6. The molecule has 2 heterocycles. The van der Waals surface area contributed by atoms with Crippen LogP contribution >= 0.6 is 27.3 Å². The van der Waals surface area contributed by atoms with Crippen molar-refractivity contribution in [3.05, 3.63) is 20.8 Å². The van der Waals surface area contributed by atoms with Crippen molar-refractivity contribution in [1.82, 2.24) is 10.2 Å². The molecule has 0 radical (unpaired) electrons. The van der Waals surface area contributed by atoms with E-state index in [0.717, 1.165) is 35.7 Å². The first kappa shape index (κ1) is 15.0. The Morgan fingerprint density at radius 3 is 2.79 bits per heavy atom. The second kappa shape index (κ2) is 6.35. The molecule has 4 nitrogen and oxygen atoms in total. The SMILES string of the molecule is CC(C)(CNC(=O)c1sccc1Br)N1CCOCC1. The second-order valence-corrected chi connectivity index (χ2v) is 6.96. The van der Waals surface area contributed by atoms with Crippen LogP contribution in [0.2, 0.25) is 0 Å². The number of hydrogen-bond acceptors (Lipinski definition) is 4. The van der Waals surface area contributed by atoms with Gasteiger partial charge in [-0.15, -0.1) is 11.3 Å². The first-order valence-electron chi connectivity index (χ1n) is 6.35. The molecule has 0 unspecified atom stereocenters. The fourth-order valence-electron chi connectivity index (χ4n) is 2.11. The molecule has 0 bridgehead atoms. The van der Waals surface area contributed by atoms with E-state index in [0.29, 0.717) is 6.54 Å². The van der Waals surface area contributed by atoms with E-state index in [2.05, 4.69) is 40.0 Å². The molecule has 0 aromatic carbocycles. The van der Waals surface area contributed by atoms with Gasteiger partial charge in [-0.1, -0.05) is 0 Å². The lowest BCUT2D eigenvalue weighted by molar-refractivity contribution is -0.00922. The monoisotopic (exact) mass is 346 g/mol. The van der Waals surface area contributed by atoms with E-state index >= 15 is 0 Å². The summed E-state index contributed by atoms with van der Waals surface area (Å²) in [6.07, 6.45) is 0. The minimum atomic E-state index is -0.0524. The van der Waals surface area contributed by atoms with Crippen LogP contribution in [0.1, 0.15) is 23.5 Å². The maximum atomic E-state index is 12.1. The quantitative estimate of drug-likeness (QED) is 0.909. The molecule has 0 saturated carbocycles. The maximum Gasteiger partial charge on any atom is 0.262 e. The van der Waals surface area contributed by atoms with E-state index in [9.17, 15) is 4.79 Å². The molecule has 1 aliphatic heterocycles. The van der Waals surface area contributed by atoms with Crippen LogP contribution in [-0.4, -0.2) is 49.2 Å². The van der Waals surface area contributed by atoms with Crippen LogP contribution < -0.4 is 5.32 Å². The van der Waals surface area contributed by atoms with Gasteiger partial charge in [-0.25, -0.2) is 0 Å². The number of morpholine rings is 1. The highest BCUT2D eigenvalue weighted by Gasteiger charge is 2.28. The van der Waals surface area contributed by atoms with E-state index in [4.69, 9.17) is 4.74 Å². The molecule has 106 valence electrons. The number of halogens is 1. The number of thiophene rings is 1. The van der Waals surface area contributed by atoms with Crippen molar-refractivity contribution in [2.45, 2.75) is 19.4 Å². The summed E-state index contributed by atoms with van der Waals surface area (Å²) < 4.78 is 6.22. The van der Waals surface area contributed by atoms with Crippen LogP contribution in [0.3, 0.4) is 0 Å². The minimum absolute atomic E-state index is 0.0109. The van der Waals surface area contributed by atoms with Crippen molar-refractivity contribution in [1.29, 1.82) is 0 Å². The average Bonchev–Trinajstić information content (AvgIpc) is 2.83. The second-order valence-electron chi connectivity index (χ2n) is 5.19. The van der Waals surface area contributed by atoms with Crippen molar-refractivity contribution in [3.8, 4) is 0 Å². The first-order valence-corrected chi connectivity index (χ1v) is 8.02. The molecule has 1 N–H and O–H groups in total. The summed E-state index contributed by atoms with van der Waals surface area (Å²) in [5, 5.41) is 4.93. The zero-order valence-electron chi connectivity index (χ0n) is 11.2. The topological polar surface area (TPSA) is 41.6 Å². The Labute approximate surface area is 126 Å². The molecule has 0 atom stereocenters. The number of carbonyl (C=O) groups is 1. The number of hydrogen-bond donors (Lipinski definition) is 1. The van der Waals surface area contributed by atoms with Gasteiger partial charge in [-0.3, -0.25) is 9.69 Å². The molecule has 1 aromatic rings. The highest BCUT2D eigenvalue weighted by molar-refractivity contribution is 9.10. The highest BCUT2D eigenvalue weighted by Crippen LogP contribution is 2.22. The molecule has 1 aromatic heterocycles. The summed E-state index contributed by atoms with van der Waals surface area (Å²) in [6, 6.07) is 1.90. The van der Waals surface area contributed by atoms with Gasteiger partial charge in [-0.05, 0) is 41.2 Å². The molecule has 1 amide bonds. The summed E-state index contributed by atoms with van der Waals surface area (Å²) in [4.78, 5) is 15.2. The smallest absolute Gasteiger partial charge is 0.262 e. The predicted molar refractivity (Wildman–Crippen MR) is 80.8 cm³/mol. The Balaban J connectivity index is 1.90. The molecular formula is C13H19BrN2O2S. The lowest BCUT2D eigenvalue weighted by Gasteiger charge is -2.40. The van der Waals surface area contributed by atoms with Gasteiger partial charge in [0.1, 0.15) is 4.88 Å². The van der Waals surface area contributed by atoms with E-state index < -0.39 is 0 Å². The molecule has 2 rings (SSSR count).